The first-order valence-electron chi connectivity index (χ1n) is 19.4. The fraction of sp³-hybridized carbons (Fsp3) is 0.280. The van der Waals surface area contributed by atoms with E-state index in [9.17, 15) is 0 Å². The molecule has 0 aliphatic heterocycles. The monoisotopic (exact) mass is 661 g/mol. The van der Waals surface area contributed by atoms with Crippen LogP contribution in [0.15, 0.2) is 133 Å². The van der Waals surface area contributed by atoms with Gasteiger partial charge in [-0.05, 0) is 149 Å². The summed E-state index contributed by atoms with van der Waals surface area (Å²) in [5, 5.41) is 0. The number of rotatable bonds is 5. The summed E-state index contributed by atoms with van der Waals surface area (Å²) in [6.45, 7) is 4.82. The van der Waals surface area contributed by atoms with Crippen molar-refractivity contribution in [3.05, 3.63) is 172 Å². The Bertz CT molecular complexity index is 2240. The van der Waals surface area contributed by atoms with E-state index in [2.05, 4.69) is 152 Å². The summed E-state index contributed by atoms with van der Waals surface area (Å²) in [6.07, 6.45) is 9.77. The molecule has 6 bridgehead atoms. The number of hydrogen-bond donors (Lipinski definition) is 0. The predicted octanol–water partition coefficient (Wildman–Crippen LogP) is 12.9. The zero-order valence-electron chi connectivity index (χ0n) is 30.0. The average molecular weight is 662 g/mol. The van der Waals surface area contributed by atoms with Crippen molar-refractivity contribution in [2.45, 2.75) is 76.5 Å². The maximum absolute atomic E-state index is 2.64. The molecule has 3 atom stereocenters. The smallest absolute Gasteiger partial charge is 0.0543 e. The van der Waals surface area contributed by atoms with Crippen LogP contribution in [0, 0.1) is 11.8 Å². The summed E-state index contributed by atoms with van der Waals surface area (Å²) in [7, 11) is 0. The third-order valence-corrected chi connectivity index (χ3v) is 13.1. The Morgan fingerprint density at radius 1 is 0.529 bits per heavy atom. The van der Waals surface area contributed by atoms with Crippen LogP contribution in [0.25, 0.3) is 22.3 Å². The highest BCUT2D eigenvalue weighted by atomic mass is 15.1. The first kappa shape index (κ1) is 30.9. The highest BCUT2D eigenvalue weighted by Gasteiger charge is 2.40. The average Bonchev–Trinajstić information content (AvgIpc) is 3.86. The summed E-state index contributed by atoms with van der Waals surface area (Å²) < 4.78 is 0. The summed E-state index contributed by atoms with van der Waals surface area (Å²) >= 11 is 0. The van der Waals surface area contributed by atoms with Crippen LogP contribution >= 0.6 is 0 Å². The molecule has 7 aliphatic carbocycles. The standard InChI is InChI=1S/C50H47N/c1-50(2)46-11-7-6-10-42(46)45-31-44(37-8-4-3-5-9-37)49(32-47(45)50)51(41-26-24-38(25-27-41)43-29-36-20-23-40(43)28-36)48-30-35-17-16-33-12-14-34(15-13-33)18-21-39(48)22-19-35/h3-15,19,22,24-27,30-32,36,40,43H,16-18,20-21,23,28-29H2,1-2H3. The normalized spacial score (nSPS) is 20.9. The third kappa shape index (κ3) is 5.27. The molecule has 51 heavy (non-hydrogen) atoms. The Labute approximate surface area is 304 Å². The van der Waals surface area contributed by atoms with E-state index in [4.69, 9.17) is 0 Å². The van der Waals surface area contributed by atoms with Crippen LogP contribution in [0.2, 0.25) is 0 Å². The Kier molecular flexibility index (Phi) is 7.35. The van der Waals surface area contributed by atoms with E-state index in [0.717, 1.165) is 43.4 Å². The van der Waals surface area contributed by atoms with E-state index in [0.29, 0.717) is 0 Å². The number of hydrogen-bond acceptors (Lipinski definition) is 1. The molecule has 2 fully saturated rings. The molecule has 0 N–H and O–H groups in total. The SMILES string of the molecule is CC1(C)c2ccccc2-c2cc(-c3ccccc3)c(N(c3ccc(C4CC5CCC4C5)cc3)c3cc4ccc3CCc3ccc(cc3)CC4)cc21. The van der Waals surface area contributed by atoms with Gasteiger partial charge in [-0.2, -0.15) is 0 Å². The van der Waals surface area contributed by atoms with Crippen molar-refractivity contribution in [3.63, 3.8) is 0 Å². The van der Waals surface area contributed by atoms with Crippen molar-refractivity contribution in [2.75, 3.05) is 4.90 Å². The Balaban J connectivity index is 1.19. The molecule has 0 spiro atoms. The number of aryl methyl sites for hydroxylation is 4. The minimum Gasteiger partial charge on any atom is -0.310 e. The molecule has 6 aromatic rings. The summed E-state index contributed by atoms with van der Waals surface area (Å²) in [6, 6.07) is 51.8. The zero-order valence-corrected chi connectivity index (χ0v) is 30.0. The van der Waals surface area contributed by atoms with Crippen LogP contribution in [0.3, 0.4) is 0 Å². The summed E-state index contributed by atoms with van der Waals surface area (Å²) in [4.78, 5) is 2.64. The lowest BCUT2D eigenvalue weighted by atomic mass is 9.81. The van der Waals surface area contributed by atoms with Crippen LogP contribution < -0.4 is 4.90 Å². The minimum atomic E-state index is -0.0966. The molecule has 3 unspecified atom stereocenters. The lowest BCUT2D eigenvalue weighted by Gasteiger charge is -2.33. The zero-order chi connectivity index (χ0) is 34.1. The van der Waals surface area contributed by atoms with Gasteiger partial charge in [-0.3, -0.25) is 0 Å². The van der Waals surface area contributed by atoms with Crippen molar-refractivity contribution < 1.29 is 0 Å². The van der Waals surface area contributed by atoms with Gasteiger partial charge in [0.1, 0.15) is 0 Å². The molecule has 1 nitrogen and oxygen atoms in total. The Morgan fingerprint density at radius 2 is 1.24 bits per heavy atom. The first-order valence-corrected chi connectivity index (χ1v) is 19.4. The van der Waals surface area contributed by atoms with Crippen molar-refractivity contribution in [2.24, 2.45) is 11.8 Å². The first-order chi connectivity index (χ1) is 25.0. The molecule has 0 saturated heterocycles. The highest BCUT2D eigenvalue weighted by molar-refractivity contribution is 5.95. The molecular weight excluding hydrogens is 615 g/mol. The quantitative estimate of drug-likeness (QED) is 0.178. The largest absolute Gasteiger partial charge is 0.310 e. The van der Waals surface area contributed by atoms with Gasteiger partial charge in [-0.25, -0.2) is 0 Å². The molecule has 0 radical (unpaired) electrons. The number of benzene rings is 6. The molecule has 7 aliphatic rings. The molecule has 0 heterocycles. The van der Waals surface area contributed by atoms with Gasteiger partial charge in [0.25, 0.3) is 0 Å². The predicted molar refractivity (Wildman–Crippen MR) is 214 cm³/mol. The highest BCUT2D eigenvalue weighted by Crippen LogP contribution is 2.55. The fourth-order valence-corrected chi connectivity index (χ4v) is 10.3. The van der Waals surface area contributed by atoms with Gasteiger partial charge in [0.05, 0.1) is 5.69 Å². The molecular formula is C50H47N. The van der Waals surface area contributed by atoms with Crippen LogP contribution in [-0.2, 0) is 31.1 Å². The number of nitrogens with zero attached hydrogens (tertiary/aromatic N) is 1. The Hall–Kier alpha value is -4.88. The maximum Gasteiger partial charge on any atom is 0.0543 e. The van der Waals surface area contributed by atoms with Crippen LogP contribution in [0.4, 0.5) is 17.1 Å². The van der Waals surface area contributed by atoms with Crippen molar-refractivity contribution in [1.82, 2.24) is 0 Å². The minimum absolute atomic E-state index is 0.0966. The van der Waals surface area contributed by atoms with Gasteiger partial charge in [-0.1, -0.05) is 123 Å². The molecule has 2 saturated carbocycles. The van der Waals surface area contributed by atoms with Crippen LogP contribution in [0.1, 0.15) is 84.4 Å². The van der Waals surface area contributed by atoms with Gasteiger partial charge in [0, 0.05) is 22.4 Å². The summed E-state index contributed by atoms with van der Waals surface area (Å²) in [5.41, 5.74) is 19.0. The van der Waals surface area contributed by atoms with E-state index in [1.54, 1.807) is 5.56 Å². The van der Waals surface area contributed by atoms with Gasteiger partial charge in [0.2, 0.25) is 0 Å². The topological polar surface area (TPSA) is 3.24 Å². The summed E-state index contributed by atoms with van der Waals surface area (Å²) in [5.74, 6) is 2.54. The number of fused-ring (bicyclic) bond motifs is 5. The second-order valence-electron chi connectivity index (χ2n) is 16.4. The molecule has 252 valence electrons. The van der Waals surface area contributed by atoms with Gasteiger partial charge in [0.15, 0.2) is 0 Å². The van der Waals surface area contributed by atoms with Gasteiger partial charge in [-0.15, -0.1) is 0 Å². The fourth-order valence-electron chi connectivity index (χ4n) is 10.3. The van der Waals surface area contributed by atoms with Crippen LogP contribution in [0.5, 0.6) is 0 Å². The van der Waals surface area contributed by atoms with E-state index < -0.39 is 0 Å². The molecule has 1 heteroatoms. The van der Waals surface area contributed by atoms with Crippen molar-refractivity contribution >= 4 is 17.1 Å². The molecule has 0 amide bonds. The molecule has 0 aromatic heterocycles. The lowest BCUT2D eigenvalue weighted by Crippen LogP contribution is -2.18. The van der Waals surface area contributed by atoms with E-state index in [1.807, 2.05) is 0 Å². The van der Waals surface area contributed by atoms with Crippen molar-refractivity contribution in [3.8, 4) is 22.3 Å². The lowest BCUT2D eigenvalue weighted by molar-refractivity contribution is 0.420. The molecule has 6 aromatic carbocycles. The number of anilines is 3. The van der Waals surface area contributed by atoms with E-state index in [-0.39, 0.29) is 5.41 Å². The van der Waals surface area contributed by atoms with E-state index >= 15 is 0 Å². The van der Waals surface area contributed by atoms with Crippen LogP contribution in [-0.4, -0.2) is 0 Å². The second kappa shape index (κ2) is 12.1. The third-order valence-electron chi connectivity index (χ3n) is 13.1. The van der Waals surface area contributed by atoms with Gasteiger partial charge < -0.3 is 4.90 Å². The van der Waals surface area contributed by atoms with Crippen molar-refractivity contribution in [1.29, 1.82) is 0 Å². The van der Waals surface area contributed by atoms with E-state index in [1.165, 1.54) is 98.4 Å². The second-order valence-corrected chi connectivity index (χ2v) is 16.4. The molecule has 13 rings (SSSR count). The van der Waals surface area contributed by atoms with Gasteiger partial charge >= 0.3 is 0 Å². The maximum atomic E-state index is 2.64. The Morgan fingerprint density at radius 3 is 1.98 bits per heavy atom.